The molecule has 0 saturated heterocycles. The predicted molar refractivity (Wildman–Crippen MR) is 69.2 cm³/mol. The maximum absolute atomic E-state index is 5.56. The summed E-state index contributed by atoms with van der Waals surface area (Å²) in [6, 6.07) is 4.09. The molecule has 0 aliphatic carbocycles. The highest BCUT2D eigenvalue weighted by Crippen LogP contribution is 2.23. The number of hydrogen-bond acceptors (Lipinski definition) is 3. The number of thiocarbonyl (C=S) groups is 1. The van der Waals surface area contributed by atoms with Gasteiger partial charge >= 0.3 is 0 Å². The second-order valence-corrected chi connectivity index (χ2v) is 5.94. The van der Waals surface area contributed by atoms with E-state index in [0.717, 1.165) is 10.3 Å². The van der Waals surface area contributed by atoms with Crippen molar-refractivity contribution in [2.75, 3.05) is 0 Å². The number of nitrogens with zero attached hydrogens (tertiary/aromatic N) is 2. The van der Waals surface area contributed by atoms with E-state index in [9.17, 15) is 0 Å². The van der Waals surface area contributed by atoms with Gasteiger partial charge in [-0.15, -0.1) is 11.3 Å². The van der Waals surface area contributed by atoms with Crippen LogP contribution in [0.2, 0.25) is 0 Å². The molecule has 0 saturated carbocycles. The van der Waals surface area contributed by atoms with Crippen LogP contribution in [0.5, 0.6) is 0 Å². The molecule has 2 N–H and O–H groups in total. The molecule has 0 aliphatic heterocycles. The molecule has 2 aromatic heterocycles. The molecule has 0 spiro atoms. The minimum absolute atomic E-state index is 0.329. The highest BCUT2D eigenvalue weighted by Gasteiger charge is 2.06. The molecule has 78 valence electrons. The van der Waals surface area contributed by atoms with Crippen LogP contribution in [-0.4, -0.2) is 14.5 Å². The number of imidazole rings is 1. The summed E-state index contributed by atoms with van der Waals surface area (Å²) in [5.74, 6) is 0.662. The van der Waals surface area contributed by atoms with Crippen LogP contribution in [0.3, 0.4) is 0 Å². The highest BCUT2D eigenvalue weighted by molar-refractivity contribution is 9.11. The lowest BCUT2D eigenvalue weighted by Gasteiger charge is -2.03. The Bertz CT molecular complexity index is 489. The molecule has 0 radical (unpaired) electrons. The summed E-state index contributed by atoms with van der Waals surface area (Å²) < 4.78 is 3.06. The van der Waals surface area contributed by atoms with Crippen molar-refractivity contribution in [3.05, 3.63) is 39.0 Å². The average Bonchev–Trinajstić information content (AvgIpc) is 2.75. The van der Waals surface area contributed by atoms with Gasteiger partial charge in [0.05, 0.1) is 10.3 Å². The van der Waals surface area contributed by atoms with Crippen molar-refractivity contribution in [2.45, 2.75) is 6.54 Å². The van der Waals surface area contributed by atoms with Crippen molar-refractivity contribution in [2.24, 2.45) is 5.73 Å². The Labute approximate surface area is 105 Å². The Morgan fingerprint density at radius 3 is 3.00 bits per heavy atom. The van der Waals surface area contributed by atoms with E-state index in [-0.39, 0.29) is 0 Å². The van der Waals surface area contributed by atoms with E-state index >= 15 is 0 Å². The van der Waals surface area contributed by atoms with Crippen molar-refractivity contribution in [1.82, 2.24) is 9.55 Å². The molecule has 2 heterocycles. The molecule has 15 heavy (non-hydrogen) atoms. The number of aromatic nitrogens is 2. The van der Waals surface area contributed by atoms with Gasteiger partial charge in [-0.3, -0.25) is 0 Å². The van der Waals surface area contributed by atoms with Crippen molar-refractivity contribution in [3.8, 4) is 0 Å². The van der Waals surface area contributed by atoms with Crippen LogP contribution in [0.1, 0.15) is 10.7 Å². The van der Waals surface area contributed by atoms with Crippen LogP contribution in [0.25, 0.3) is 0 Å². The summed E-state index contributed by atoms with van der Waals surface area (Å²) in [7, 11) is 0. The fourth-order valence-electron chi connectivity index (χ4n) is 1.27. The van der Waals surface area contributed by atoms with Gasteiger partial charge in [-0.1, -0.05) is 12.2 Å². The maximum atomic E-state index is 5.56. The highest BCUT2D eigenvalue weighted by atomic mass is 79.9. The van der Waals surface area contributed by atoms with Gasteiger partial charge in [-0.25, -0.2) is 4.98 Å². The van der Waals surface area contributed by atoms with Gasteiger partial charge in [0.25, 0.3) is 0 Å². The third-order valence-electron chi connectivity index (χ3n) is 1.89. The number of nitrogens with two attached hydrogens (primary N) is 1. The predicted octanol–water partition coefficient (Wildman–Crippen LogP) is 2.39. The number of thiophene rings is 1. The van der Waals surface area contributed by atoms with Crippen molar-refractivity contribution in [1.29, 1.82) is 0 Å². The van der Waals surface area contributed by atoms with Gasteiger partial charge in [0.15, 0.2) is 5.82 Å². The number of hydrogen-bond donors (Lipinski definition) is 1. The van der Waals surface area contributed by atoms with Gasteiger partial charge in [-0.05, 0) is 28.1 Å². The maximum Gasteiger partial charge on any atom is 0.167 e. The second-order valence-electron chi connectivity index (χ2n) is 2.95. The summed E-state index contributed by atoms with van der Waals surface area (Å²) in [4.78, 5) is 5.67. The molecular weight excluding hydrogens is 294 g/mol. The van der Waals surface area contributed by atoms with E-state index in [2.05, 4.69) is 27.0 Å². The minimum Gasteiger partial charge on any atom is -0.387 e. The minimum atomic E-state index is 0.329. The lowest BCUT2D eigenvalue weighted by molar-refractivity contribution is 0.800. The van der Waals surface area contributed by atoms with E-state index < -0.39 is 0 Å². The lowest BCUT2D eigenvalue weighted by atomic mass is 10.4. The van der Waals surface area contributed by atoms with Gasteiger partial charge in [-0.2, -0.15) is 0 Å². The quantitative estimate of drug-likeness (QED) is 0.885. The molecule has 0 fully saturated rings. The zero-order chi connectivity index (χ0) is 10.8. The number of halogens is 1. The Hall–Kier alpha value is -0.720. The first-order valence-corrected chi connectivity index (χ1v) is 6.24. The van der Waals surface area contributed by atoms with Gasteiger partial charge in [0.2, 0.25) is 0 Å². The zero-order valence-corrected chi connectivity index (χ0v) is 10.9. The van der Waals surface area contributed by atoms with Crippen LogP contribution in [0.4, 0.5) is 0 Å². The first-order valence-electron chi connectivity index (χ1n) is 4.22. The fraction of sp³-hybridized carbons (Fsp3) is 0.111. The number of rotatable bonds is 3. The van der Waals surface area contributed by atoms with E-state index in [4.69, 9.17) is 18.0 Å². The second kappa shape index (κ2) is 4.42. The molecule has 2 rings (SSSR count). The summed E-state index contributed by atoms with van der Waals surface area (Å²) >= 11 is 10.0. The van der Waals surface area contributed by atoms with Gasteiger partial charge in [0, 0.05) is 17.3 Å². The van der Waals surface area contributed by atoms with E-state index in [1.54, 1.807) is 17.5 Å². The molecule has 0 aromatic carbocycles. The van der Waals surface area contributed by atoms with E-state index in [1.807, 2.05) is 16.8 Å². The van der Waals surface area contributed by atoms with Crippen molar-refractivity contribution < 1.29 is 0 Å². The fourth-order valence-corrected chi connectivity index (χ4v) is 2.92. The van der Waals surface area contributed by atoms with Crippen LogP contribution in [0.15, 0.2) is 28.3 Å². The van der Waals surface area contributed by atoms with Crippen molar-refractivity contribution in [3.63, 3.8) is 0 Å². The first kappa shape index (κ1) is 10.8. The molecule has 2 aromatic rings. The van der Waals surface area contributed by atoms with Crippen LogP contribution in [-0.2, 0) is 6.54 Å². The molecular formula is C9H8BrN3S2. The SMILES string of the molecule is NC(=S)c1nccn1Cc1ccc(Br)s1. The third kappa shape index (κ3) is 2.45. The van der Waals surface area contributed by atoms with Crippen LogP contribution >= 0.6 is 39.5 Å². The Balaban J connectivity index is 2.24. The van der Waals surface area contributed by atoms with Crippen LogP contribution < -0.4 is 5.73 Å². The molecule has 0 amide bonds. The molecule has 6 heteroatoms. The largest absolute Gasteiger partial charge is 0.387 e. The Morgan fingerprint density at radius 1 is 1.60 bits per heavy atom. The molecule has 3 nitrogen and oxygen atoms in total. The average molecular weight is 302 g/mol. The lowest BCUT2D eigenvalue weighted by Crippen LogP contribution is -2.16. The molecule has 0 unspecified atom stereocenters. The topological polar surface area (TPSA) is 43.8 Å². The summed E-state index contributed by atoms with van der Waals surface area (Å²) in [5.41, 5.74) is 5.56. The standard InChI is InChI=1S/C9H8BrN3S2/c10-7-2-1-6(15-7)5-13-4-3-12-9(13)8(11)14/h1-4H,5H2,(H2,11,14). The zero-order valence-electron chi connectivity index (χ0n) is 7.68. The Kier molecular flexibility index (Phi) is 3.18. The van der Waals surface area contributed by atoms with E-state index in [1.165, 1.54) is 4.88 Å². The normalized spacial score (nSPS) is 10.5. The molecule has 0 atom stereocenters. The molecule has 0 bridgehead atoms. The third-order valence-corrected chi connectivity index (χ3v) is 3.68. The summed E-state index contributed by atoms with van der Waals surface area (Å²) in [6.07, 6.45) is 3.58. The Morgan fingerprint density at radius 2 is 2.40 bits per heavy atom. The smallest absolute Gasteiger partial charge is 0.167 e. The van der Waals surface area contributed by atoms with Gasteiger partial charge in [0.1, 0.15) is 4.99 Å². The first-order chi connectivity index (χ1) is 7.16. The molecule has 0 aliphatic rings. The summed E-state index contributed by atoms with van der Waals surface area (Å²) in [5, 5.41) is 0. The van der Waals surface area contributed by atoms with Crippen molar-refractivity contribution >= 4 is 44.5 Å². The summed E-state index contributed by atoms with van der Waals surface area (Å²) in [6.45, 7) is 0.753. The monoisotopic (exact) mass is 301 g/mol. The van der Waals surface area contributed by atoms with Crippen LogP contribution in [0, 0.1) is 0 Å². The van der Waals surface area contributed by atoms with E-state index in [0.29, 0.717) is 10.8 Å². The van der Waals surface area contributed by atoms with Gasteiger partial charge < -0.3 is 10.3 Å².